The van der Waals surface area contributed by atoms with Crippen LogP contribution in [-0.2, 0) is 18.9 Å². The van der Waals surface area contributed by atoms with Crippen LogP contribution in [0.2, 0.25) is 0 Å². The number of nitrogens with zero attached hydrogens (tertiary/aromatic N) is 1. The quantitative estimate of drug-likeness (QED) is 0.305. The van der Waals surface area contributed by atoms with Crippen molar-refractivity contribution in [3.8, 4) is 22.9 Å². The van der Waals surface area contributed by atoms with Crippen molar-refractivity contribution in [1.82, 2.24) is 9.97 Å². The molecule has 8 nitrogen and oxygen atoms in total. The number of hydrogen-bond donors (Lipinski definition) is 1. The summed E-state index contributed by atoms with van der Waals surface area (Å²) in [6.45, 7) is 9.29. The van der Waals surface area contributed by atoms with E-state index >= 15 is 0 Å². The Kier molecular flexibility index (Phi) is 11.0. The minimum absolute atomic E-state index is 0.400. The molecule has 1 N–H and O–H groups in total. The Morgan fingerprint density at radius 2 is 1.27 bits per heavy atom. The van der Waals surface area contributed by atoms with Gasteiger partial charge in [0.25, 0.3) is 0 Å². The molecular formula is C25H34N2O6. The molecule has 33 heavy (non-hydrogen) atoms. The van der Waals surface area contributed by atoms with Gasteiger partial charge >= 0.3 is 0 Å². The number of rotatable bonds is 17. The van der Waals surface area contributed by atoms with Gasteiger partial charge in [0.1, 0.15) is 19.0 Å². The Bertz CT molecular complexity index is 913. The van der Waals surface area contributed by atoms with Gasteiger partial charge in [0, 0.05) is 18.8 Å². The van der Waals surface area contributed by atoms with Crippen LogP contribution in [-0.4, -0.2) is 76.0 Å². The molecule has 0 saturated heterocycles. The van der Waals surface area contributed by atoms with Crippen LogP contribution in [0.3, 0.4) is 0 Å². The number of fused-ring (bicyclic) bond motifs is 1. The predicted molar refractivity (Wildman–Crippen MR) is 127 cm³/mol. The van der Waals surface area contributed by atoms with Gasteiger partial charge in [-0.1, -0.05) is 12.1 Å². The number of nitrogens with one attached hydrogen (secondary N) is 1. The van der Waals surface area contributed by atoms with Gasteiger partial charge < -0.3 is 33.4 Å². The molecule has 2 aromatic carbocycles. The van der Waals surface area contributed by atoms with E-state index in [1.54, 1.807) is 0 Å². The fourth-order valence-corrected chi connectivity index (χ4v) is 3.13. The van der Waals surface area contributed by atoms with E-state index in [0.29, 0.717) is 77.6 Å². The molecule has 0 atom stereocenters. The minimum Gasteiger partial charge on any atom is -0.487 e. The smallest absolute Gasteiger partial charge is 0.162 e. The highest BCUT2D eigenvalue weighted by Gasteiger charge is 2.11. The van der Waals surface area contributed by atoms with Crippen molar-refractivity contribution in [1.29, 1.82) is 0 Å². The van der Waals surface area contributed by atoms with Gasteiger partial charge in [0.2, 0.25) is 0 Å². The average molecular weight is 459 g/mol. The van der Waals surface area contributed by atoms with Crippen molar-refractivity contribution in [3.05, 3.63) is 42.5 Å². The molecule has 0 aliphatic heterocycles. The van der Waals surface area contributed by atoms with Gasteiger partial charge in [0.05, 0.1) is 50.7 Å². The van der Waals surface area contributed by atoms with E-state index in [2.05, 4.69) is 9.97 Å². The summed E-state index contributed by atoms with van der Waals surface area (Å²) in [6, 6.07) is 13.7. The molecular weight excluding hydrogens is 424 g/mol. The van der Waals surface area contributed by atoms with Crippen LogP contribution in [0, 0.1) is 0 Å². The molecule has 0 unspecified atom stereocenters. The third-order valence-electron chi connectivity index (χ3n) is 4.73. The van der Waals surface area contributed by atoms with Crippen molar-refractivity contribution in [3.63, 3.8) is 0 Å². The van der Waals surface area contributed by atoms with Gasteiger partial charge in [-0.2, -0.15) is 0 Å². The van der Waals surface area contributed by atoms with Crippen LogP contribution in [0.5, 0.6) is 11.5 Å². The number of aromatic nitrogens is 2. The predicted octanol–water partition coefficient (Wildman–Crippen LogP) is 4.09. The molecule has 3 aromatic rings. The lowest BCUT2D eigenvalue weighted by Gasteiger charge is -2.14. The second-order valence-electron chi connectivity index (χ2n) is 7.08. The molecule has 0 bridgehead atoms. The summed E-state index contributed by atoms with van der Waals surface area (Å²) in [5, 5.41) is 0. The van der Waals surface area contributed by atoms with Crippen molar-refractivity contribution in [2.24, 2.45) is 0 Å². The van der Waals surface area contributed by atoms with Crippen molar-refractivity contribution < 1.29 is 28.4 Å². The molecule has 0 saturated carbocycles. The maximum absolute atomic E-state index is 6.00. The van der Waals surface area contributed by atoms with Gasteiger partial charge in [-0.25, -0.2) is 4.98 Å². The zero-order chi connectivity index (χ0) is 23.1. The lowest BCUT2D eigenvalue weighted by Crippen LogP contribution is -2.13. The fourth-order valence-electron chi connectivity index (χ4n) is 3.13. The van der Waals surface area contributed by atoms with Crippen LogP contribution in [0.4, 0.5) is 0 Å². The van der Waals surface area contributed by atoms with Crippen molar-refractivity contribution >= 4 is 11.0 Å². The van der Waals surface area contributed by atoms with E-state index in [-0.39, 0.29) is 0 Å². The third-order valence-corrected chi connectivity index (χ3v) is 4.73. The number of hydrogen-bond acceptors (Lipinski definition) is 7. The Balaban J connectivity index is 1.60. The molecule has 180 valence electrons. The normalized spacial score (nSPS) is 11.2. The third kappa shape index (κ3) is 8.33. The number of H-pyrrole nitrogens is 1. The average Bonchev–Trinajstić information content (AvgIpc) is 3.28. The Morgan fingerprint density at radius 3 is 1.94 bits per heavy atom. The van der Waals surface area contributed by atoms with Crippen molar-refractivity contribution in [2.75, 3.05) is 66.1 Å². The SMILES string of the molecule is CCOCCOCCOc1ccc(-c2nc3ccccc3[nH]2)cc1OCCOCCOCC. The summed E-state index contributed by atoms with van der Waals surface area (Å²) in [5.41, 5.74) is 2.82. The molecule has 0 radical (unpaired) electrons. The summed E-state index contributed by atoms with van der Waals surface area (Å²) in [5.74, 6) is 2.06. The topological polar surface area (TPSA) is 84.1 Å². The van der Waals surface area contributed by atoms with Gasteiger partial charge in [-0.3, -0.25) is 0 Å². The molecule has 8 heteroatoms. The highest BCUT2D eigenvalue weighted by Crippen LogP contribution is 2.32. The van der Waals surface area contributed by atoms with E-state index in [9.17, 15) is 0 Å². The molecule has 0 fully saturated rings. The first-order valence-corrected chi connectivity index (χ1v) is 11.5. The summed E-state index contributed by atoms with van der Waals surface area (Å²) in [4.78, 5) is 8.03. The molecule has 1 heterocycles. The first kappa shape index (κ1) is 25.0. The van der Waals surface area contributed by atoms with E-state index in [1.165, 1.54) is 0 Å². The second kappa shape index (κ2) is 14.5. The first-order chi connectivity index (χ1) is 16.3. The fraction of sp³-hybridized carbons (Fsp3) is 0.480. The van der Waals surface area contributed by atoms with Crippen LogP contribution in [0.1, 0.15) is 13.8 Å². The monoisotopic (exact) mass is 458 g/mol. The maximum Gasteiger partial charge on any atom is 0.162 e. The van der Waals surface area contributed by atoms with Gasteiger partial charge in [-0.05, 0) is 44.2 Å². The Morgan fingerprint density at radius 1 is 0.667 bits per heavy atom. The largest absolute Gasteiger partial charge is 0.487 e. The van der Waals surface area contributed by atoms with Gasteiger partial charge in [-0.15, -0.1) is 0 Å². The summed E-state index contributed by atoms with van der Waals surface area (Å²) in [6.07, 6.45) is 0. The zero-order valence-electron chi connectivity index (χ0n) is 19.5. The standard InChI is InChI=1S/C25H34N2O6/c1-3-28-11-13-30-15-17-32-23-10-9-20(25-26-21-7-5-6-8-22(21)27-25)19-24(23)33-18-16-31-14-12-29-4-2/h5-10,19H,3-4,11-18H2,1-2H3,(H,26,27). The molecule has 3 rings (SSSR count). The first-order valence-electron chi connectivity index (χ1n) is 11.5. The lowest BCUT2D eigenvalue weighted by atomic mass is 10.2. The Labute approximate surface area is 195 Å². The van der Waals surface area contributed by atoms with Crippen LogP contribution < -0.4 is 9.47 Å². The van der Waals surface area contributed by atoms with Crippen LogP contribution >= 0.6 is 0 Å². The molecule has 0 aliphatic carbocycles. The van der Waals surface area contributed by atoms with E-state index in [1.807, 2.05) is 56.3 Å². The zero-order valence-corrected chi connectivity index (χ0v) is 19.5. The second-order valence-corrected chi connectivity index (χ2v) is 7.08. The number of ether oxygens (including phenoxy) is 6. The van der Waals surface area contributed by atoms with Crippen LogP contribution in [0.15, 0.2) is 42.5 Å². The van der Waals surface area contributed by atoms with Gasteiger partial charge in [0.15, 0.2) is 11.5 Å². The number of para-hydroxylation sites is 2. The summed E-state index contributed by atoms with van der Waals surface area (Å²) < 4.78 is 33.5. The highest BCUT2D eigenvalue weighted by atomic mass is 16.6. The maximum atomic E-state index is 6.00. The molecule has 0 amide bonds. The number of benzene rings is 2. The van der Waals surface area contributed by atoms with E-state index in [4.69, 9.17) is 28.4 Å². The van der Waals surface area contributed by atoms with E-state index in [0.717, 1.165) is 22.4 Å². The van der Waals surface area contributed by atoms with Crippen molar-refractivity contribution in [2.45, 2.75) is 13.8 Å². The minimum atomic E-state index is 0.400. The highest BCUT2D eigenvalue weighted by molar-refractivity contribution is 5.79. The molecule has 0 aliphatic rings. The Hall–Kier alpha value is -2.65. The van der Waals surface area contributed by atoms with E-state index < -0.39 is 0 Å². The summed E-state index contributed by atoms with van der Waals surface area (Å²) in [7, 11) is 0. The molecule has 0 spiro atoms. The number of aromatic amines is 1. The number of imidazole rings is 1. The lowest BCUT2D eigenvalue weighted by molar-refractivity contribution is 0.0369. The summed E-state index contributed by atoms with van der Waals surface area (Å²) >= 11 is 0. The van der Waals surface area contributed by atoms with Crippen LogP contribution in [0.25, 0.3) is 22.4 Å². The molecule has 1 aromatic heterocycles.